The van der Waals surface area contributed by atoms with E-state index >= 15 is 0 Å². The fraction of sp³-hybridized carbons (Fsp3) is 0.875. The molecule has 0 saturated carbocycles. The molecule has 0 saturated heterocycles. The van der Waals surface area contributed by atoms with Crippen molar-refractivity contribution in [3.05, 3.63) is 0 Å². The molecule has 0 unspecified atom stereocenters. The molecule has 0 N–H and O–H groups in total. The van der Waals surface area contributed by atoms with E-state index in [1.807, 2.05) is 0 Å². The number of halogens is 1. The Morgan fingerprint density at radius 1 is 1.40 bits per heavy atom. The first kappa shape index (κ1) is 15.7. The largest absolute Gasteiger partial charge is 0.345 e. The number of carbonyl (C=O) groups is 1. The van der Waals surface area contributed by atoms with E-state index in [1.165, 1.54) is 6.92 Å². The van der Waals surface area contributed by atoms with Gasteiger partial charge in [-0.15, -0.1) is 0 Å². The van der Waals surface area contributed by atoms with E-state index in [0.717, 1.165) is 11.8 Å². The van der Waals surface area contributed by atoms with Gasteiger partial charge in [-0.25, -0.2) is 0 Å². The van der Waals surface area contributed by atoms with Gasteiger partial charge >= 0.3 is 7.60 Å². The van der Waals surface area contributed by atoms with Gasteiger partial charge in [-0.2, -0.15) is 0 Å². The molecule has 0 heterocycles. The predicted octanol–water partition coefficient (Wildman–Crippen LogP) is 3.25. The fourth-order valence-corrected chi connectivity index (χ4v) is 4.39. The minimum atomic E-state index is -3.12. The van der Waals surface area contributed by atoms with E-state index in [4.69, 9.17) is 9.05 Å². The number of hydrogen-bond acceptors (Lipinski definition) is 5. The Labute approximate surface area is 103 Å². The number of rotatable bonds is 7. The minimum Gasteiger partial charge on any atom is -0.308 e. The van der Waals surface area contributed by atoms with Crippen molar-refractivity contribution in [3.8, 4) is 0 Å². The molecule has 0 rings (SSSR count). The summed E-state index contributed by atoms with van der Waals surface area (Å²) >= 11 is 4.34. The Balaban J connectivity index is 4.34. The average molecular weight is 319 g/mol. The summed E-state index contributed by atoms with van der Waals surface area (Å²) in [4.78, 5) is 10.8. The molecular weight excluding hydrogens is 303 g/mol. The van der Waals surface area contributed by atoms with Gasteiger partial charge in [-0.1, -0.05) is 27.7 Å². The fourth-order valence-electron chi connectivity index (χ4n) is 0.836. The van der Waals surface area contributed by atoms with Gasteiger partial charge in [0.25, 0.3) is 0 Å². The minimum absolute atomic E-state index is 0.0148. The maximum atomic E-state index is 12.1. The van der Waals surface area contributed by atoms with E-state index < -0.39 is 12.2 Å². The van der Waals surface area contributed by atoms with Crippen molar-refractivity contribution < 1.29 is 18.4 Å². The first-order chi connectivity index (χ1) is 6.96. The van der Waals surface area contributed by atoms with Gasteiger partial charge < -0.3 is 9.05 Å². The molecule has 0 aromatic carbocycles. The average Bonchev–Trinajstić information content (AvgIpc) is 2.14. The Hall–Kier alpha value is 0.650. The van der Waals surface area contributed by atoms with Crippen LogP contribution in [0.1, 0.15) is 20.8 Å². The molecule has 0 aliphatic rings. The van der Waals surface area contributed by atoms with Gasteiger partial charge in [-0.3, -0.25) is 9.36 Å². The lowest BCUT2D eigenvalue weighted by molar-refractivity contribution is -0.109. The molecule has 0 spiro atoms. The molecule has 0 aliphatic heterocycles. The third-order valence-electron chi connectivity index (χ3n) is 1.39. The van der Waals surface area contributed by atoms with Crippen molar-refractivity contribution in [1.29, 1.82) is 0 Å². The van der Waals surface area contributed by atoms with Crippen LogP contribution in [0.3, 0.4) is 0 Å². The van der Waals surface area contributed by atoms with Crippen molar-refractivity contribution in [2.75, 3.05) is 19.0 Å². The lowest BCUT2D eigenvalue weighted by Gasteiger charge is -2.21. The first-order valence-corrected chi connectivity index (χ1v) is 8.13. The predicted molar refractivity (Wildman–Crippen MR) is 66.7 cm³/mol. The van der Waals surface area contributed by atoms with E-state index in [1.54, 1.807) is 13.8 Å². The van der Waals surface area contributed by atoms with Gasteiger partial charge in [0.2, 0.25) is 0 Å². The van der Waals surface area contributed by atoms with Gasteiger partial charge in [0, 0.05) is 12.7 Å². The van der Waals surface area contributed by atoms with Crippen LogP contribution in [-0.4, -0.2) is 28.7 Å². The van der Waals surface area contributed by atoms with E-state index in [9.17, 15) is 9.36 Å². The molecule has 90 valence electrons. The molecule has 0 amide bonds. The van der Waals surface area contributed by atoms with Crippen molar-refractivity contribution in [2.24, 2.45) is 0 Å². The van der Waals surface area contributed by atoms with E-state index in [0.29, 0.717) is 19.0 Å². The normalized spacial score (nSPS) is 13.9. The van der Waals surface area contributed by atoms with Gasteiger partial charge in [0.05, 0.1) is 13.2 Å². The summed E-state index contributed by atoms with van der Waals surface area (Å²) < 4.78 is 21.9. The molecule has 0 radical (unpaired) electrons. The van der Waals surface area contributed by atoms with Crippen LogP contribution >= 0.6 is 35.3 Å². The molecule has 0 fully saturated rings. The molecule has 7 heteroatoms. The van der Waals surface area contributed by atoms with Crippen LogP contribution < -0.4 is 0 Å². The second kappa shape index (κ2) is 7.85. The van der Waals surface area contributed by atoms with Crippen molar-refractivity contribution >= 4 is 40.4 Å². The zero-order valence-electron chi connectivity index (χ0n) is 9.07. The quantitative estimate of drug-likeness (QED) is 0.532. The van der Waals surface area contributed by atoms with Crippen molar-refractivity contribution in [3.63, 3.8) is 0 Å². The highest BCUT2D eigenvalue weighted by Gasteiger charge is 2.33. The van der Waals surface area contributed by atoms with Crippen LogP contribution in [0.2, 0.25) is 0 Å². The Kier molecular flexibility index (Phi) is 8.19. The van der Waals surface area contributed by atoms with Crippen molar-refractivity contribution in [2.45, 2.75) is 25.3 Å². The molecule has 1 atom stereocenters. The van der Waals surface area contributed by atoms with Crippen LogP contribution in [0.5, 0.6) is 0 Å². The standard InChI is InChI=1S/C8H16BrO4PS/c1-4-12-14(11,13-5-2)8(9)6-15-7(3)10/h8H,4-6H2,1-3H3/t8-/m0/s1. The topological polar surface area (TPSA) is 52.6 Å². The smallest absolute Gasteiger partial charge is 0.308 e. The maximum absolute atomic E-state index is 12.1. The van der Waals surface area contributed by atoms with Crippen LogP contribution in [0, 0.1) is 0 Å². The third kappa shape index (κ3) is 6.07. The van der Waals surface area contributed by atoms with E-state index in [-0.39, 0.29) is 5.12 Å². The molecular formula is C8H16BrO4PS. The molecule has 4 nitrogen and oxygen atoms in total. The van der Waals surface area contributed by atoms with Crippen molar-refractivity contribution in [1.82, 2.24) is 0 Å². The highest BCUT2D eigenvalue weighted by Crippen LogP contribution is 2.56. The zero-order chi connectivity index (χ0) is 11.9. The molecule has 0 bridgehead atoms. The molecule has 0 aliphatic carbocycles. The van der Waals surface area contributed by atoms with Crippen LogP contribution in [0.25, 0.3) is 0 Å². The summed E-state index contributed by atoms with van der Waals surface area (Å²) in [5, 5.41) is -0.0148. The Bertz CT molecular complexity index is 239. The lowest BCUT2D eigenvalue weighted by atomic mass is 10.9. The Morgan fingerprint density at radius 2 is 1.87 bits per heavy atom. The van der Waals surface area contributed by atoms with Crippen LogP contribution in [-0.2, 0) is 18.4 Å². The monoisotopic (exact) mass is 318 g/mol. The second-order valence-electron chi connectivity index (χ2n) is 2.61. The highest BCUT2D eigenvalue weighted by atomic mass is 79.9. The zero-order valence-corrected chi connectivity index (χ0v) is 12.4. The van der Waals surface area contributed by atoms with Gasteiger partial charge in [0.15, 0.2) is 5.12 Å². The number of carbonyl (C=O) groups excluding carboxylic acids is 1. The number of thioether (sulfide) groups is 1. The third-order valence-corrected chi connectivity index (χ3v) is 6.90. The summed E-state index contributed by atoms with van der Waals surface area (Å²) in [6, 6.07) is 0. The molecule has 15 heavy (non-hydrogen) atoms. The second-order valence-corrected chi connectivity index (χ2v) is 7.84. The van der Waals surface area contributed by atoms with E-state index in [2.05, 4.69) is 15.9 Å². The lowest BCUT2D eigenvalue weighted by Crippen LogP contribution is -2.10. The highest BCUT2D eigenvalue weighted by molar-refractivity contribution is 9.10. The first-order valence-electron chi connectivity index (χ1n) is 4.62. The summed E-state index contributed by atoms with van der Waals surface area (Å²) in [7, 11) is -3.12. The summed E-state index contributed by atoms with van der Waals surface area (Å²) in [6.07, 6.45) is 0. The summed E-state index contributed by atoms with van der Waals surface area (Å²) in [5.74, 6) is 0.382. The molecule has 0 aromatic heterocycles. The number of alkyl halides is 1. The van der Waals surface area contributed by atoms with Crippen LogP contribution in [0.15, 0.2) is 0 Å². The maximum Gasteiger partial charge on any atom is 0.345 e. The molecule has 0 aromatic rings. The summed E-state index contributed by atoms with van der Waals surface area (Å²) in [5.41, 5.74) is 0. The Morgan fingerprint density at radius 3 is 2.20 bits per heavy atom. The van der Waals surface area contributed by atoms with Gasteiger partial charge in [0.1, 0.15) is 4.57 Å². The summed E-state index contributed by atoms with van der Waals surface area (Å²) in [6.45, 7) is 5.62. The van der Waals surface area contributed by atoms with Crippen LogP contribution in [0.4, 0.5) is 0 Å². The SMILES string of the molecule is CCOP(=O)(OCC)[C@H](Br)CSC(C)=O. The number of hydrogen-bond donors (Lipinski definition) is 0. The van der Waals surface area contributed by atoms with Gasteiger partial charge in [-0.05, 0) is 13.8 Å².